The number of hydrogen-bond acceptors (Lipinski definition) is 5. The topological polar surface area (TPSA) is 54.9 Å². The molecule has 0 radical (unpaired) electrons. The van der Waals surface area contributed by atoms with Crippen molar-refractivity contribution in [2.24, 2.45) is 0 Å². The molecule has 3 aromatic rings. The van der Waals surface area contributed by atoms with Crippen LogP contribution in [-0.4, -0.2) is 21.4 Å². The second-order valence-corrected chi connectivity index (χ2v) is 9.26. The Balaban J connectivity index is 1.73. The molecule has 3 rings (SSSR count). The van der Waals surface area contributed by atoms with Gasteiger partial charge in [0, 0.05) is 10.5 Å². The molecule has 0 aliphatic carbocycles. The third kappa shape index (κ3) is 4.80. The van der Waals surface area contributed by atoms with Gasteiger partial charge >= 0.3 is 0 Å². The second-order valence-electron chi connectivity index (χ2n) is 7.00. The molecular weight excluding hydrogens is 386 g/mol. The van der Waals surface area contributed by atoms with Gasteiger partial charge in [-0.05, 0) is 57.4 Å². The van der Waals surface area contributed by atoms with Crippen molar-refractivity contribution in [2.45, 2.75) is 51.2 Å². The first-order valence-electron chi connectivity index (χ1n) is 9.33. The van der Waals surface area contributed by atoms with E-state index in [0.29, 0.717) is 5.13 Å². The first-order chi connectivity index (χ1) is 13.4. The molecule has 6 heteroatoms. The number of anilines is 1. The highest BCUT2D eigenvalue weighted by Crippen LogP contribution is 2.33. The van der Waals surface area contributed by atoms with Gasteiger partial charge in [0.05, 0.1) is 5.25 Å². The van der Waals surface area contributed by atoms with Gasteiger partial charge in [0.25, 0.3) is 0 Å². The largest absolute Gasteiger partial charge is 0.300 e. The number of thioether (sulfide) groups is 1. The van der Waals surface area contributed by atoms with Gasteiger partial charge < -0.3 is 0 Å². The van der Waals surface area contributed by atoms with Crippen molar-refractivity contribution in [1.29, 1.82) is 0 Å². The van der Waals surface area contributed by atoms with Gasteiger partial charge in [0.15, 0.2) is 0 Å². The van der Waals surface area contributed by atoms with E-state index in [9.17, 15) is 4.79 Å². The number of hydrogen-bond donors (Lipinski definition) is 1. The van der Waals surface area contributed by atoms with E-state index in [0.717, 1.165) is 21.9 Å². The molecule has 0 fully saturated rings. The lowest BCUT2D eigenvalue weighted by Gasteiger charge is -2.13. The minimum Gasteiger partial charge on any atom is -0.300 e. The fourth-order valence-electron chi connectivity index (χ4n) is 3.18. The maximum atomic E-state index is 12.7. The summed E-state index contributed by atoms with van der Waals surface area (Å²) in [4.78, 5) is 13.8. The molecule has 1 N–H and O–H groups in total. The maximum absolute atomic E-state index is 12.7. The molecule has 1 amide bonds. The van der Waals surface area contributed by atoms with Crippen molar-refractivity contribution < 1.29 is 4.79 Å². The summed E-state index contributed by atoms with van der Waals surface area (Å²) in [6.07, 6.45) is 0.742. The van der Waals surface area contributed by atoms with Gasteiger partial charge in [-0.15, -0.1) is 22.0 Å². The highest BCUT2D eigenvalue weighted by atomic mass is 32.2. The van der Waals surface area contributed by atoms with E-state index in [1.54, 1.807) is 11.8 Å². The number of aryl methyl sites for hydroxylation is 4. The van der Waals surface area contributed by atoms with Crippen LogP contribution in [-0.2, 0) is 4.79 Å². The van der Waals surface area contributed by atoms with E-state index in [4.69, 9.17) is 0 Å². The Kier molecular flexibility index (Phi) is 6.52. The smallest absolute Gasteiger partial charge is 0.239 e. The fourth-order valence-corrected chi connectivity index (χ4v) is 5.06. The molecule has 2 aromatic carbocycles. The average Bonchev–Trinajstić information content (AvgIpc) is 3.08. The summed E-state index contributed by atoms with van der Waals surface area (Å²) < 4.78 is 0. The molecular formula is C22H25N3OS2. The van der Waals surface area contributed by atoms with Crippen LogP contribution >= 0.6 is 23.1 Å². The minimum atomic E-state index is -0.169. The zero-order valence-corrected chi connectivity index (χ0v) is 18.5. The van der Waals surface area contributed by atoms with Crippen LogP contribution in [0.1, 0.15) is 35.6 Å². The number of rotatable bonds is 6. The van der Waals surface area contributed by atoms with Gasteiger partial charge in [-0.3, -0.25) is 10.1 Å². The van der Waals surface area contributed by atoms with E-state index >= 15 is 0 Å². The van der Waals surface area contributed by atoms with Crippen LogP contribution in [0.4, 0.5) is 5.13 Å². The van der Waals surface area contributed by atoms with E-state index < -0.39 is 0 Å². The first-order valence-corrected chi connectivity index (χ1v) is 11.0. The molecule has 1 unspecified atom stereocenters. The van der Waals surface area contributed by atoms with Crippen LogP contribution < -0.4 is 5.32 Å². The Bertz CT molecular complexity index is 957. The zero-order chi connectivity index (χ0) is 20.3. The minimum absolute atomic E-state index is 0.0341. The predicted octanol–water partition coefficient (Wildman–Crippen LogP) is 5.95. The number of aromatic nitrogens is 2. The number of carbonyl (C=O) groups excluding carboxylic acids is 1. The third-order valence-electron chi connectivity index (χ3n) is 4.51. The van der Waals surface area contributed by atoms with Crippen LogP contribution in [0.25, 0.3) is 10.6 Å². The van der Waals surface area contributed by atoms with E-state index in [-0.39, 0.29) is 11.2 Å². The van der Waals surface area contributed by atoms with Crippen LogP contribution in [0.15, 0.2) is 41.3 Å². The molecule has 146 valence electrons. The van der Waals surface area contributed by atoms with Gasteiger partial charge in [0.2, 0.25) is 11.0 Å². The molecule has 0 aliphatic heterocycles. The van der Waals surface area contributed by atoms with Crippen LogP contribution in [0, 0.1) is 27.7 Å². The Labute approximate surface area is 174 Å². The molecule has 1 heterocycles. The molecule has 0 saturated heterocycles. The van der Waals surface area contributed by atoms with Crippen molar-refractivity contribution in [3.8, 4) is 10.6 Å². The molecule has 0 spiro atoms. The van der Waals surface area contributed by atoms with Gasteiger partial charge in [-0.1, -0.05) is 53.7 Å². The van der Waals surface area contributed by atoms with Gasteiger partial charge in [-0.25, -0.2) is 0 Å². The van der Waals surface area contributed by atoms with Crippen molar-refractivity contribution in [2.75, 3.05) is 5.32 Å². The monoisotopic (exact) mass is 411 g/mol. The Morgan fingerprint density at radius 2 is 1.68 bits per heavy atom. The second kappa shape index (κ2) is 8.88. The summed E-state index contributed by atoms with van der Waals surface area (Å²) in [5, 5.41) is 12.7. The highest BCUT2D eigenvalue weighted by molar-refractivity contribution is 8.00. The van der Waals surface area contributed by atoms with Crippen molar-refractivity contribution in [3.63, 3.8) is 0 Å². The van der Waals surface area contributed by atoms with Crippen molar-refractivity contribution in [1.82, 2.24) is 10.2 Å². The van der Waals surface area contributed by atoms with Crippen molar-refractivity contribution >= 4 is 34.1 Å². The lowest BCUT2D eigenvalue weighted by molar-refractivity contribution is -0.115. The quantitative estimate of drug-likeness (QED) is 0.509. The molecule has 0 aliphatic rings. The number of benzene rings is 2. The number of nitrogens with one attached hydrogen (secondary N) is 1. The Morgan fingerprint density at radius 1 is 1.04 bits per heavy atom. The summed E-state index contributed by atoms with van der Waals surface area (Å²) in [6, 6.07) is 12.5. The summed E-state index contributed by atoms with van der Waals surface area (Å²) in [6.45, 7) is 10.3. The van der Waals surface area contributed by atoms with Crippen LogP contribution in [0.3, 0.4) is 0 Å². The lowest BCUT2D eigenvalue weighted by Crippen LogP contribution is -2.24. The van der Waals surface area contributed by atoms with E-state index in [1.165, 1.54) is 33.6 Å². The molecule has 28 heavy (non-hydrogen) atoms. The van der Waals surface area contributed by atoms with E-state index in [2.05, 4.69) is 79.6 Å². The maximum Gasteiger partial charge on any atom is 0.239 e. The average molecular weight is 412 g/mol. The van der Waals surface area contributed by atoms with Gasteiger partial charge in [-0.2, -0.15) is 0 Å². The summed E-state index contributed by atoms with van der Waals surface area (Å²) in [7, 11) is 0. The zero-order valence-electron chi connectivity index (χ0n) is 16.9. The molecule has 1 atom stereocenters. The van der Waals surface area contributed by atoms with Crippen LogP contribution in [0.5, 0.6) is 0 Å². The molecule has 4 nitrogen and oxygen atoms in total. The number of carbonyl (C=O) groups is 1. The first kappa shape index (κ1) is 20.6. The standard InChI is InChI=1S/C22H25N3OS2/c1-6-18(27-17-9-7-13(2)8-10-17)20(26)23-22-25-24-21(28-22)19-15(4)11-14(3)12-16(19)5/h7-12,18H,6H2,1-5H3,(H,23,25,26). The van der Waals surface area contributed by atoms with E-state index in [1.807, 2.05) is 6.92 Å². The SMILES string of the molecule is CCC(Sc1ccc(C)cc1)C(=O)Nc1nnc(-c2c(C)cc(C)cc2C)s1. The molecule has 0 bridgehead atoms. The highest BCUT2D eigenvalue weighted by Gasteiger charge is 2.20. The van der Waals surface area contributed by atoms with Crippen LogP contribution in [0.2, 0.25) is 0 Å². The summed E-state index contributed by atoms with van der Waals surface area (Å²) in [5.41, 5.74) is 5.89. The summed E-state index contributed by atoms with van der Waals surface area (Å²) in [5.74, 6) is -0.0341. The predicted molar refractivity (Wildman–Crippen MR) is 119 cm³/mol. The number of amides is 1. The normalized spacial score (nSPS) is 12.0. The van der Waals surface area contributed by atoms with Crippen molar-refractivity contribution in [3.05, 3.63) is 58.7 Å². The third-order valence-corrected chi connectivity index (χ3v) is 6.74. The Hall–Kier alpha value is -2.18. The molecule has 0 saturated carbocycles. The van der Waals surface area contributed by atoms with Gasteiger partial charge in [0.1, 0.15) is 5.01 Å². The molecule has 1 aromatic heterocycles. The summed E-state index contributed by atoms with van der Waals surface area (Å²) >= 11 is 3.00. The lowest BCUT2D eigenvalue weighted by atomic mass is 10.0. The Morgan fingerprint density at radius 3 is 2.29 bits per heavy atom. The fraction of sp³-hybridized carbons (Fsp3) is 0.318. The number of nitrogens with zero attached hydrogens (tertiary/aromatic N) is 2.